The van der Waals surface area contributed by atoms with Gasteiger partial charge < -0.3 is 21.7 Å². The molecule has 40 heavy (non-hydrogen) atoms. The average molecular weight is 810 g/mol. The molecule has 1 nitrogen and oxygen atoms in total. The molecule has 0 amide bonds. The monoisotopic (exact) mass is 808 g/mol. The predicted molar refractivity (Wildman–Crippen MR) is 132 cm³/mol. The maximum absolute atomic E-state index is 13.0. The van der Waals surface area contributed by atoms with Crippen LogP contribution in [-0.4, -0.2) is 76.2 Å². The number of hydrogen-bond acceptors (Lipinski definition) is 1. The second-order valence-corrected chi connectivity index (χ2v) is 9.14. The Morgan fingerprint density at radius 1 is 0.725 bits per heavy atom. The molecule has 4 unspecified atom stereocenters. The zero-order chi connectivity index (χ0) is 31.8. The van der Waals surface area contributed by atoms with Gasteiger partial charge in [-0.3, -0.25) is 0 Å². The number of allylic oxidation sites excluding steroid dienone is 2. The van der Waals surface area contributed by atoms with Crippen molar-refractivity contribution in [3.63, 3.8) is 0 Å². The van der Waals surface area contributed by atoms with Crippen molar-refractivity contribution < 1.29 is 83.2 Å². The zero-order valence-corrected chi connectivity index (χ0v) is 27.3. The first kappa shape index (κ1) is 52.9. The molecule has 0 N–H and O–H groups in total. The van der Waals surface area contributed by atoms with Gasteiger partial charge in [-0.25, -0.2) is 28.4 Å². The Kier molecular flexibility index (Phi) is 30.1. The van der Waals surface area contributed by atoms with Crippen molar-refractivity contribution in [2.45, 2.75) is 86.9 Å². The van der Waals surface area contributed by atoms with E-state index in [9.17, 15) is 61.5 Å². The standard InChI is InChI=1S/C9H11F7.C6H6F7I.C4H10O.C3H5.BrH.Mg/c1-3-4-6(8(11,12)13)5-7(2,10)9(14,15)16;1-4(7,6(11,12)13)2-3(14)5(8,9)10;1-3-5-4-2;1-3-2;;/h3,6H,1,4-5H2,2H3;3H,2H2,1H3;3-4H2,1-2H3;3H,1-2H2;1H;/q;;;-1;;+2/p-1. The molecule has 0 radical (unpaired) electrons. The summed E-state index contributed by atoms with van der Waals surface area (Å²) < 4.78 is 172. The van der Waals surface area contributed by atoms with Crippen LogP contribution in [0.4, 0.5) is 61.5 Å². The van der Waals surface area contributed by atoms with E-state index >= 15 is 0 Å². The molecule has 0 aromatic rings. The largest absolute Gasteiger partial charge is 2.00 e. The van der Waals surface area contributed by atoms with Crippen molar-refractivity contribution in [3.8, 4) is 0 Å². The van der Waals surface area contributed by atoms with E-state index in [-0.39, 0.29) is 53.9 Å². The van der Waals surface area contributed by atoms with E-state index in [1.165, 1.54) is 6.08 Å². The minimum absolute atomic E-state index is 0. The fraction of sp³-hybridized carbons (Fsp3) is 0.773. The normalized spacial score (nSPS) is 16.1. The molecule has 0 aliphatic heterocycles. The van der Waals surface area contributed by atoms with E-state index < -0.39 is 65.1 Å². The maximum atomic E-state index is 13.0. The van der Waals surface area contributed by atoms with Crippen molar-refractivity contribution in [2.75, 3.05) is 13.2 Å². The SMILES string of the molecule is C=CCC(CC(C)(F)C(F)(F)F)C(F)(F)F.C=C[CH2-].CC(F)(CC(I)C(F)(F)F)C(F)(F)F.CCOCC.[Br-].[Mg+2]. The van der Waals surface area contributed by atoms with E-state index in [0.717, 1.165) is 41.9 Å². The average Bonchev–Trinajstić information content (AvgIpc) is 2.66. The van der Waals surface area contributed by atoms with Crippen LogP contribution in [0.3, 0.4) is 0 Å². The van der Waals surface area contributed by atoms with Crippen LogP contribution >= 0.6 is 22.6 Å². The van der Waals surface area contributed by atoms with Gasteiger partial charge in [-0.2, -0.15) is 52.7 Å². The van der Waals surface area contributed by atoms with Crippen LogP contribution in [-0.2, 0) is 4.74 Å². The van der Waals surface area contributed by atoms with Crippen LogP contribution in [0.2, 0.25) is 0 Å². The maximum Gasteiger partial charge on any atom is 2.00 e. The molecule has 0 spiro atoms. The number of hydrogen-bond donors (Lipinski definition) is 0. The van der Waals surface area contributed by atoms with E-state index in [4.69, 9.17) is 4.74 Å². The van der Waals surface area contributed by atoms with Gasteiger partial charge in [-0.05, 0) is 34.1 Å². The Balaban J connectivity index is -0.000000110. The Morgan fingerprint density at radius 3 is 1.20 bits per heavy atom. The Bertz CT molecular complexity index is 631. The molecular weight excluding hydrogens is 777 g/mol. The van der Waals surface area contributed by atoms with Gasteiger partial charge in [0, 0.05) is 26.1 Å². The second kappa shape index (κ2) is 22.8. The van der Waals surface area contributed by atoms with Crippen LogP contribution in [0, 0.1) is 12.8 Å². The molecule has 240 valence electrons. The van der Waals surface area contributed by atoms with Crippen molar-refractivity contribution in [3.05, 3.63) is 32.2 Å². The zero-order valence-electron chi connectivity index (χ0n) is 22.1. The summed E-state index contributed by atoms with van der Waals surface area (Å²) in [6.07, 6.45) is -22.0. The van der Waals surface area contributed by atoms with Crippen LogP contribution < -0.4 is 17.0 Å². The summed E-state index contributed by atoms with van der Waals surface area (Å²) in [7, 11) is 0. The topological polar surface area (TPSA) is 9.23 Å². The molecule has 0 aromatic heterocycles. The Hall–Kier alpha value is 0.306. The molecule has 0 saturated heterocycles. The van der Waals surface area contributed by atoms with Gasteiger partial charge in [-0.15, -0.1) is 6.58 Å². The Morgan fingerprint density at radius 2 is 1.02 bits per heavy atom. The van der Waals surface area contributed by atoms with Gasteiger partial charge in [0.25, 0.3) is 0 Å². The molecule has 0 aliphatic rings. The second-order valence-electron chi connectivity index (χ2n) is 7.64. The summed E-state index contributed by atoms with van der Waals surface area (Å²) in [5, 5.41) is 0. The number of alkyl halides is 15. The van der Waals surface area contributed by atoms with Crippen molar-refractivity contribution in [1.82, 2.24) is 0 Å². The molecule has 0 aliphatic carbocycles. The first-order valence-corrected chi connectivity index (χ1v) is 11.7. The first-order chi connectivity index (χ1) is 16.6. The van der Waals surface area contributed by atoms with E-state index in [2.05, 4.69) is 20.1 Å². The van der Waals surface area contributed by atoms with Crippen LogP contribution in [0.1, 0.15) is 47.0 Å². The van der Waals surface area contributed by atoms with Crippen molar-refractivity contribution in [1.29, 1.82) is 0 Å². The van der Waals surface area contributed by atoms with Gasteiger partial charge in [0.1, 0.15) is 3.92 Å². The van der Waals surface area contributed by atoms with Crippen LogP contribution in [0.15, 0.2) is 25.3 Å². The van der Waals surface area contributed by atoms with Crippen LogP contribution in [0.25, 0.3) is 0 Å². The fourth-order valence-corrected chi connectivity index (χ4v) is 2.71. The van der Waals surface area contributed by atoms with Crippen molar-refractivity contribution in [2.24, 2.45) is 5.92 Å². The molecular formula is C22H32BrF14IMgO. The van der Waals surface area contributed by atoms with Gasteiger partial charge in [-0.1, -0.05) is 28.7 Å². The summed E-state index contributed by atoms with van der Waals surface area (Å²) >= 11 is 0.748. The first-order valence-electron chi connectivity index (χ1n) is 10.5. The predicted octanol–water partition coefficient (Wildman–Crippen LogP) is 7.13. The van der Waals surface area contributed by atoms with Gasteiger partial charge in [0.15, 0.2) is 0 Å². The van der Waals surface area contributed by atoms with Gasteiger partial charge in [0.05, 0.1) is 5.92 Å². The summed E-state index contributed by atoms with van der Waals surface area (Å²) in [6, 6.07) is 0. The molecule has 18 heteroatoms. The Labute approximate surface area is 266 Å². The molecule has 0 rings (SSSR count). The third-order valence-corrected chi connectivity index (χ3v) is 5.20. The molecule has 4 atom stereocenters. The molecule has 0 fully saturated rings. The number of ether oxygens (including phenoxy) is 1. The number of rotatable bonds is 8. The van der Waals surface area contributed by atoms with Crippen molar-refractivity contribution >= 4 is 45.6 Å². The van der Waals surface area contributed by atoms with Gasteiger partial charge in [0.2, 0.25) is 11.3 Å². The minimum Gasteiger partial charge on any atom is -1.00 e. The quantitative estimate of drug-likeness (QED) is 0.0634. The van der Waals surface area contributed by atoms with Gasteiger partial charge >= 0.3 is 47.8 Å². The molecule has 0 bridgehead atoms. The fourth-order valence-electron chi connectivity index (χ4n) is 1.88. The smallest absolute Gasteiger partial charge is 1.00 e. The van der Waals surface area contributed by atoms with Crippen LogP contribution in [0.5, 0.6) is 0 Å². The van der Waals surface area contributed by atoms with E-state index in [1.807, 2.05) is 13.8 Å². The minimum atomic E-state index is -5.31. The molecule has 0 saturated carbocycles. The summed E-state index contributed by atoms with van der Waals surface area (Å²) in [4.78, 5) is 0. The summed E-state index contributed by atoms with van der Waals surface area (Å²) in [5.74, 6) is -2.37. The third-order valence-electron chi connectivity index (χ3n) is 4.05. The summed E-state index contributed by atoms with van der Waals surface area (Å²) in [5.41, 5.74) is -7.66. The van der Waals surface area contributed by atoms with E-state index in [0.29, 0.717) is 0 Å². The summed E-state index contributed by atoms with van der Waals surface area (Å²) in [6.45, 7) is 15.4. The molecule has 0 aromatic carbocycles. The third kappa shape index (κ3) is 26.0. The van der Waals surface area contributed by atoms with E-state index in [1.54, 1.807) is 0 Å². The molecule has 0 heterocycles. The number of halogens is 16.